The van der Waals surface area contributed by atoms with Crippen LogP contribution < -0.4 is 15.5 Å². The summed E-state index contributed by atoms with van der Waals surface area (Å²) >= 11 is 1.84. The number of aliphatic imine (C=N–C) groups is 1. The molecule has 0 amide bonds. The van der Waals surface area contributed by atoms with Gasteiger partial charge >= 0.3 is 0 Å². The second-order valence-corrected chi connectivity index (χ2v) is 8.10. The van der Waals surface area contributed by atoms with Gasteiger partial charge in [-0.3, -0.25) is 4.99 Å². The average Bonchev–Trinajstić information content (AvgIpc) is 3.26. The number of likely N-dealkylation sites (N-methyl/N-ethyl adjacent to an activating group) is 1. The molecule has 3 rings (SSSR count). The van der Waals surface area contributed by atoms with Gasteiger partial charge in [0.25, 0.3) is 0 Å². The van der Waals surface area contributed by atoms with Crippen molar-refractivity contribution in [2.75, 3.05) is 45.7 Å². The Bertz CT molecular complexity index is 514. The molecule has 1 unspecified atom stereocenters. The van der Waals surface area contributed by atoms with E-state index in [2.05, 4.69) is 57.0 Å². The SMILES string of the molecule is CN=C(NCC(C1CC1)N(C)C)NC1CCN(c2cccs2)CC1. The Hall–Kier alpha value is -1.27. The van der Waals surface area contributed by atoms with Gasteiger partial charge in [-0.25, -0.2) is 0 Å². The number of hydrogen-bond acceptors (Lipinski definition) is 4. The van der Waals surface area contributed by atoms with Gasteiger partial charge in [-0.05, 0) is 63.2 Å². The molecule has 1 aromatic rings. The van der Waals surface area contributed by atoms with Crippen LogP contribution in [0.4, 0.5) is 5.00 Å². The fraction of sp³-hybridized carbons (Fsp3) is 0.722. The van der Waals surface area contributed by atoms with Crippen LogP contribution in [-0.2, 0) is 0 Å². The third-order valence-electron chi connectivity index (χ3n) is 5.19. The minimum absolute atomic E-state index is 0.520. The maximum Gasteiger partial charge on any atom is 0.191 e. The summed E-state index contributed by atoms with van der Waals surface area (Å²) in [5.74, 6) is 1.82. The first-order chi connectivity index (χ1) is 11.7. The van der Waals surface area contributed by atoms with Gasteiger partial charge < -0.3 is 20.4 Å². The summed E-state index contributed by atoms with van der Waals surface area (Å²) in [7, 11) is 6.24. The Morgan fingerprint density at radius 1 is 1.33 bits per heavy atom. The first-order valence-electron chi connectivity index (χ1n) is 9.09. The molecule has 24 heavy (non-hydrogen) atoms. The molecule has 5 nitrogen and oxygen atoms in total. The average molecular weight is 350 g/mol. The first-order valence-corrected chi connectivity index (χ1v) is 9.97. The van der Waals surface area contributed by atoms with Crippen LogP contribution in [0.25, 0.3) is 0 Å². The summed E-state index contributed by atoms with van der Waals surface area (Å²) < 4.78 is 0. The maximum absolute atomic E-state index is 4.43. The van der Waals surface area contributed by atoms with Gasteiger partial charge in [0.05, 0.1) is 5.00 Å². The molecule has 134 valence electrons. The molecular formula is C18H31N5S. The summed E-state index contributed by atoms with van der Waals surface area (Å²) in [5, 5.41) is 10.7. The van der Waals surface area contributed by atoms with Gasteiger partial charge in [-0.1, -0.05) is 0 Å². The van der Waals surface area contributed by atoms with E-state index in [9.17, 15) is 0 Å². The maximum atomic E-state index is 4.43. The van der Waals surface area contributed by atoms with Gasteiger partial charge in [-0.2, -0.15) is 0 Å². The zero-order valence-corrected chi connectivity index (χ0v) is 16.0. The van der Waals surface area contributed by atoms with Crippen molar-refractivity contribution in [3.63, 3.8) is 0 Å². The van der Waals surface area contributed by atoms with Crippen LogP contribution in [0.1, 0.15) is 25.7 Å². The number of anilines is 1. The molecule has 2 fully saturated rings. The molecule has 0 radical (unpaired) electrons. The van der Waals surface area contributed by atoms with E-state index in [4.69, 9.17) is 0 Å². The largest absolute Gasteiger partial charge is 0.363 e. The Morgan fingerprint density at radius 2 is 2.08 bits per heavy atom. The van der Waals surface area contributed by atoms with E-state index in [1.165, 1.54) is 30.7 Å². The summed E-state index contributed by atoms with van der Waals surface area (Å²) in [6, 6.07) is 5.49. The molecule has 1 aromatic heterocycles. The van der Waals surface area contributed by atoms with E-state index in [1.54, 1.807) is 0 Å². The third kappa shape index (κ3) is 4.63. The molecular weight excluding hydrogens is 318 g/mol. The van der Waals surface area contributed by atoms with E-state index >= 15 is 0 Å². The number of nitrogens with one attached hydrogen (secondary N) is 2. The summed E-state index contributed by atoms with van der Waals surface area (Å²) in [4.78, 5) is 9.27. The fourth-order valence-corrected chi connectivity index (χ4v) is 4.32. The van der Waals surface area contributed by atoms with Crippen LogP contribution in [0.3, 0.4) is 0 Å². The van der Waals surface area contributed by atoms with Gasteiger partial charge in [0.1, 0.15) is 0 Å². The first kappa shape index (κ1) is 17.5. The molecule has 1 saturated heterocycles. The highest BCUT2D eigenvalue weighted by Crippen LogP contribution is 2.34. The van der Waals surface area contributed by atoms with Gasteiger partial charge in [-0.15, -0.1) is 11.3 Å². The molecule has 6 heteroatoms. The zero-order chi connectivity index (χ0) is 16.9. The molecule has 1 atom stereocenters. The summed E-state index contributed by atoms with van der Waals surface area (Å²) in [6.45, 7) is 3.22. The molecule has 2 N–H and O–H groups in total. The second kappa shape index (κ2) is 8.21. The van der Waals surface area contributed by atoms with Crippen molar-refractivity contribution in [2.24, 2.45) is 10.9 Å². The van der Waals surface area contributed by atoms with Gasteiger partial charge in [0, 0.05) is 38.8 Å². The van der Waals surface area contributed by atoms with Crippen molar-refractivity contribution in [2.45, 2.75) is 37.8 Å². The Labute approximate surface area is 150 Å². The van der Waals surface area contributed by atoms with Crippen LogP contribution >= 0.6 is 11.3 Å². The smallest absolute Gasteiger partial charge is 0.191 e. The van der Waals surface area contributed by atoms with Crippen LogP contribution in [0.2, 0.25) is 0 Å². The van der Waals surface area contributed by atoms with Gasteiger partial charge in [0.15, 0.2) is 5.96 Å². The molecule has 1 aliphatic carbocycles. The Kier molecular flexibility index (Phi) is 6.00. The van der Waals surface area contributed by atoms with Crippen molar-refractivity contribution < 1.29 is 0 Å². The van der Waals surface area contributed by atoms with E-state index in [-0.39, 0.29) is 0 Å². The quantitative estimate of drug-likeness (QED) is 0.610. The third-order valence-corrected chi connectivity index (χ3v) is 6.11. The molecule has 0 aromatic carbocycles. The van der Waals surface area contributed by atoms with Crippen LogP contribution in [-0.4, -0.2) is 63.7 Å². The molecule has 2 aliphatic rings. The molecule has 1 aliphatic heterocycles. The lowest BCUT2D eigenvalue weighted by Gasteiger charge is -2.34. The molecule has 2 heterocycles. The molecule has 0 spiro atoms. The number of hydrogen-bond donors (Lipinski definition) is 2. The summed E-state index contributed by atoms with van der Waals surface area (Å²) in [6.07, 6.45) is 5.08. The van der Waals surface area contributed by atoms with Crippen LogP contribution in [0.15, 0.2) is 22.5 Å². The van der Waals surface area contributed by atoms with Crippen molar-refractivity contribution in [3.8, 4) is 0 Å². The summed E-state index contributed by atoms with van der Waals surface area (Å²) in [5.41, 5.74) is 0. The fourth-order valence-electron chi connectivity index (χ4n) is 3.54. The number of guanidine groups is 1. The van der Waals surface area contributed by atoms with Crippen LogP contribution in [0, 0.1) is 5.92 Å². The monoisotopic (exact) mass is 349 g/mol. The predicted molar refractivity (Wildman–Crippen MR) is 104 cm³/mol. The van der Waals surface area contributed by atoms with Crippen LogP contribution in [0.5, 0.6) is 0 Å². The van der Waals surface area contributed by atoms with Crippen molar-refractivity contribution >= 4 is 22.3 Å². The number of nitrogens with zero attached hydrogens (tertiary/aromatic N) is 3. The van der Waals surface area contributed by atoms with E-state index in [0.717, 1.165) is 31.5 Å². The lowest BCUT2D eigenvalue weighted by molar-refractivity contribution is 0.263. The van der Waals surface area contributed by atoms with Crippen molar-refractivity contribution in [1.82, 2.24) is 15.5 Å². The number of thiophene rings is 1. The minimum Gasteiger partial charge on any atom is -0.363 e. The highest BCUT2D eigenvalue weighted by molar-refractivity contribution is 7.14. The predicted octanol–water partition coefficient (Wildman–Crippen LogP) is 2.22. The second-order valence-electron chi connectivity index (χ2n) is 7.18. The topological polar surface area (TPSA) is 42.9 Å². The highest BCUT2D eigenvalue weighted by atomic mass is 32.1. The highest BCUT2D eigenvalue weighted by Gasteiger charge is 2.32. The lowest BCUT2D eigenvalue weighted by atomic mass is 10.1. The van der Waals surface area contributed by atoms with Gasteiger partial charge in [0.2, 0.25) is 0 Å². The number of rotatable bonds is 6. The van der Waals surface area contributed by atoms with E-state index in [0.29, 0.717) is 12.1 Å². The van der Waals surface area contributed by atoms with Crippen molar-refractivity contribution in [1.29, 1.82) is 0 Å². The molecule has 0 bridgehead atoms. The Balaban J connectivity index is 1.43. The van der Waals surface area contributed by atoms with E-state index in [1.807, 2.05) is 18.4 Å². The lowest BCUT2D eigenvalue weighted by Crippen LogP contribution is -2.51. The van der Waals surface area contributed by atoms with E-state index < -0.39 is 0 Å². The molecule has 1 saturated carbocycles. The number of piperidine rings is 1. The normalized spacial score (nSPS) is 21.2. The minimum atomic E-state index is 0.520. The van der Waals surface area contributed by atoms with Crippen molar-refractivity contribution in [3.05, 3.63) is 17.5 Å². The standard InChI is InChI=1S/C18H31N5S/c1-19-18(20-13-16(22(2)3)14-6-7-14)21-15-8-10-23(11-9-15)17-5-4-12-24-17/h4-5,12,14-16H,6-11,13H2,1-3H3,(H2,19,20,21). The Morgan fingerprint density at radius 3 is 2.62 bits per heavy atom. The zero-order valence-electron chi connectivity index (χ0n) is 15.2.